The number of halogens is 1. The summed E-state index contributed by atoms with van der Waals surface area (Å²) in [5.74, 6) is 2.40. The zero-order valence-corrected chi connectivity index (χ0v) is 22.6. The van der Waals surface area contributed by atoms with Crippen molar-refractivity contribution in [1.29, 1.82) is 0 Å². The van der Waals surface area contributed by atoms with E-state index in [0.717, 1.165) is 0 Å². The molecule has 0 bridgehead atoms. The number of nitrogens with zero attached hydrogens (tertiary/aromatic N) is 6. The van der Waals surface area contributed by atoms with Gasteiger partial charge in [0.05, 0.1) is 18.3 Å². The fourth-order valence-corrected chi connectivity index (χ4v) is 4.62. The maximum absolute atomic E-state index is 13.6. The molecule has 2 heterocycles. The second-order valence-electron chi connectivity index (χ2n) is 7.76. The minimum absolute atomic E-state index is 0.108. The van der Waals surface area contributed by atoms with Crippen molar-refractivity contribution in [3.63, 3.8) is 0 Å². The Balaban J connectivity index is 2.13. The maximum Gasteiger partial charge on any atom is 0.243 e. The lowest BCUT2D eigenvalue weighted by Crippen LogP contribution is -2.34. The van der Waals surface area contributed by atoms with E-state index in [1.807, 2.05) is 0 Å². The van der Waals surface area contributed by atoms with E-state index in [-0.39, 0.29) is 41.4 Å². The van der Waals surface area contributed by atoms with Crippen LogP contribution in [0.1, 0.15) is 38.5 Å². The van der Waals surface area contributed by atoms with Crippen LogP contribution in [0.25, 0.3) is 11.3 Å². The molecule has 0 aliphatic carbocycles. The lowest BCUT2D eigenvalue weighted by molar-refractivity contribution is 0.0558. The highest BCUT2D eigenvalue weighted by Crippen LogP contribution is 2.36. The topological polar surface area (TPSA) is 154 Å². The first kappa shape index (κ1) is 28.6. The number of sulfonamides is 1. The van der Waals surface area contributed by atoms with Gasteiger partial charge in [-0.05, 0) is 32.9 Å². The van der Waals surface area contributed by atoms with Crippen LogP contribution in [0, 0.1) is 12.3 Å². The molecule has 0 aliphatic heterocycles. The first-order valence-corrected chi connectivity index (χ1v) is 13.1. The molecule has 1 aromatic carbocycles. The quantitative estimate of drug-likeness (QED) is 0.266. The molecule has 2 atom stereocenters. The number of rotatable bonds is 11. The number of aliphatic imine (C=N–C) groups is 1. The largest absolute Gasteiger partial charge is 0.506 e. The minimum Gasteiger partial charge on any atom is -0.506 e. The van der Waals surface area contributed by atoms with Gasteiger partial charge in [0.2, 0.25) is 16.0 Å². The van der Waals surface area contributed by atoms with Crippen LogP contribution in [0.15, 0.2) is 41.8 Å². The van der Waals surface area contributed by atoms with Crippen LogP contribution >= 0.6 is 11.6 Å². The Labute approximate surface area is 225 Å². The van der Waals surface area contributed by atoms with Crippen LogP contribution in [0.3, 0.4) is 0 Å². The molecular formula is C24H26ClN7O5S. The summed E-state index contributed by atoms with van der Waals surface area (Å²) in [4.78, 5) is 12.2. The second-order valence-corrected chi connectivity index (χ2v) is 10.2. The number of methoxy groups -OCH3 is 1. The van der Waals surface area contributed by atoms with Crippen LogP contribution in [0.2, 0.25) is 5.02 Å². The van der Waals surface area contributed by atoms with E-state index in [0.29, 0.717) is 10.6 Å². The van der Waals surface area contributed by atoms with E-state index < -0.39 is 21.4 Å². The van der Waals surface area contributed by atoms with Gasteiger partial charge < -0.3 is 14.6 Å². The molecule has 0 saturated heterocycles. The van der Waals surface area contributed by atoms with E-state index in [1.54, 1.807) is 26.0 Å². The molecule has 200 valence electrons. The molecule has 0 spiro atoms. The zero-order chi connectivity index (χ0) is 27.9. The molecule has 0 fully saturated rings. The van der Waals surface area contributed by atoms with Gasteiger partial charge in [-0.25, -0.2) is 18.4 Å². The summed E-state index contributed by atoms with van der Waals surface area (Å²) >= 11 is 5.88. The lowest BCUT2D eigenvalue weighted by atomic mass is 10.2. The molecule has 3 rings (SSSR count). The number of terminal acetylenes is 1. The average Bonchev–Trinajstić information content (AvgIpc) is 3.29. The number of phenols is 1. The van der Waals surface area contributed by atoms with Gasteiger partial charge in [-0.3, -0.25) is 14.3 Å². The highest BCUT2D eigenvalue weighted by Gasteiger charge is 2.35. The molecule has 14 heteroatoms. The Morgan fingerprint density at radius 2 is 2.05 bits per heavy atom. The standard InChI is InChI=1S/C24H26ClN7O5S/c1-6-11-26-12-15(3)23-29-30-24(32(23)20-18(33)9-8-10-19(20)36-5)31-38(34,35)16(4)21(37-7-2)22-27-13-17(25)14-28-22/h1,8-14,16,21,33H,7H2,2-5H3,(H,30,31)/b15-12+,26-11?/t16-,21-/m0/s1. The summed E-state index contributed by atoms with van der Waals surface area (Å²) in [5, 5.41) is 18.0. The highest BCUT2D eigenvalue weighted by molar-refractivity contribution is 7.93. The van der Waals surface area contributed by atoms with Crippen molar-refractivity contribution >= 4 is 39.4 Å². The predicted octanol–water partition coefficient (Wildman–Crippen LogP) is 3.40. The summed E-state index contributed by atoms with van der Waals surface area (Å²) in [6, 6.07) is 4.59. The number of allylic oxidation sites excluding steroid dienone is 1. The number of hydrogen-bond acceptors (Lipinski definition) is 10. The molecule has 2 aromatic heterocycles. The van der Waals surface area contributed by atoms with Gasteiger partial charge in [-0.1, -0.05) is 23.6 Å². The number of phenolic OH excluding ortho intramolecular Hbond substituents is 1. The number of nitrogens with one attached hydrogen (secondary N) is 1. The molecule has 12 nitrogen and oxygen atoms in total. The molecule has 0 radical (unpaired) electrons. The first-order valence-electron chi connectivity index (χ1n) is 11.2. The predicted molar refractivity (Wildman–Crippen MR) is 144 cm³/mol. The van der Waals surface area contributed by atoms with E-state index in [1.165, 1.54) is 49.5 Å². The molecule has 0 saturated carbocycles. The van der Waals surface area contributed by atoms with Crippen molar-refractivity contribution in [2.75, 3.05) is 18.4 Å². The number of hydrogen-bond donors (Lipinski definition) is 2. The number of aromatic hydroxyl groups is 1. The van der Waals surface area contributed by atoms with Crippen molar-refractivity contribution < 1.29 is 23.0 Å². The summed E-state index contributed by atoms with van der Waals surface area (Å²) in [6.45, 7) is 5.04. The highest BCUT2D eigenvalue weighted by atomic mass is 35.5. The number of benzene rings is 1. The van der Waals surface area contributed by atoms with Gasteiger partial charge in [-0.15, -0.1) is 16.6 Å². The fourth-order valence-electron chi connectivity index (χ4n) is 3.42. The van der Waals surface area contributed by atoms with Crippen molar-refractivity contribution in [3.05, 3.63) is 53.5 Å². The third-order valence-electron chi connectivity index (χ3n) is 5.24. The van der Waals surface area contributed by atoms with Crippen LogP contribution in [0.4, 0.5) is 5.95 Å². The number of anilines is 1. The van der Waals surface area contributed by atoms with E-state index in [9.17, 15) is 13.5 Å². The fraction of sp³-hybridized carbons (Fsp3) is 0.292. The average molecular weight is 560 g/mol. The Kier molecular flexibility index (Phi) is 9.40. The van der Waals surface area contributed by atoms with Gasteiger partial charge in [0.25, 0.3) is 0 Å². The third kappa shape index (κ3) is 6.28. The van der Waals surface area contributed by atoms with Crippen LogP contribution in [0.5, 0.6) is 11.5 Å². The minimum atomic E-state index is -4.20. The molecule has 0 amide bonds. The van der Waals surface area contributed by atoms with Crippen LogP contribution in [-0.4, -0.2) is 63.4 Å². The van der Waals surface area contributed by atoms with Crippen molar-refractivity contribution in [2.45, 2.75) is 32.1 Å². The Bertz CT molecular complexity index is 1480. The SMILES string of the molecule is C#CC=N/C=C(\C)c1nnc(NS(=O)(=O)[C@@H](C)[C@H](OCC)c2ncc(Cl)cn2)n1-c1c(O)cccc1OC. The van der Waals surface area contributed by atoms with Crippen molar-refractivity contribution in [2.24, 2.45) is 4.99 Å². The third-order valence-corrected chi connectivity index (χ3v) is 7.13. The first-order chi connectivity index (χ1) is 18.1. The monoisotopic (exact) mass is 559 g/mol. The van der Waals surface area contributed by atoms with Gasteiger partial charge >= 0.3 is 0 Å². The Morgan fingerprint density at radius 1 is 1.34 bits per heavy atom. The van der Waals surface area contributed by atoms with Gasteiger partial charge in [0.15, 0.2) is 11.6 Å². The number of ether oxygens (including phenoxy) is 2. The summed E-state index contributed by atoms with van der Waals surface area (Å²) in [6.07, 6.45) is 9.57. The van der Waals surface area contributed by atoms with Crippen LogP contribution < -0.4 is 9.46 Å². The molecule has 0 unspecified atom stereocenters. The molecule has 0 aliphatic rings. The summed E-state index contributed by atoms with van der Waals surface area (Å²) < 4.78 is 42.0. The normalized spacial score (nSPS) is 13.7. The van der Waals surface area contributed by atoms with Crippen molar-refractivity contribution in [1.82, 2.24) is 24.7 Å². The van der Waals surface area contributed by atoms with E-state index in [2.05, 4.69) is 35.8 Å². The molecule has 38 heavy (non-hydrogen) atoms. The Hall–Kier alpha value is -3.99. The van der Waals surface area contributed by atoms with Gasteiger partial charge in [0.1, 0.15) is 28.5 Å². The van der Waals surface area contributed by atoms with E-state index >= 15 is 0 Å². The number of aromatic nitrogens is 5. The molecular weight excluding hydrogens is 534 g/mol. The lowest BCUT2D eigenvalue weighted by Gasteiger charge is -2.23. The van der Waals surface area contributed by atoms with Crippen LogP contribution in [-0.2, 0) is 14.8 Å². The smallest absolute Gasteiger partial charge is 0.243 e. The summed E-state index contributed by atoms with van der Waals surface area (Å²) in [7, 11) is -2.79. The van der Waals surface area contributed by atoms with E-state index in [4.69, 9.17) is 27.5 Å². The zero-order valence-electron chi connectivity index (χ0n) is 21.0. The van der Waals surface area contributed by atoms with Gasteiger partial charge in [0, 0.05) is 30.8 Å². The summed E-state index contributed by atoms with van der Waals surface area (Å²) in [5.41, 5.74) is 0.575. The second kappa shape index (κ2) is 12.5. The number of para-hydroxylation sites is 1. The van der Waals surface area contributed by atoms with Crippen molar-refractivity contribution in [3.8, 4) is 29.5 Å². The Morgan fingerprint density at radius 3 is 2.68 bits per heavy atom. The molecule has 3 aromatic rings. The maximum atomic E-state index is 13.6. The van der Waals surface area contributed by atoms with Gasteiger partial charge in [-0.2, -0.15) is 0 Å². The molecule has 2 N–H and O–H groups in total.